The minimum Gasteiger partial charge on any atom is -0.478 e. The molecule has 0 radical (unpaired) electrons. The standard InChI is InChI=1S/C26H21ClO4/c1-15-4-6-19(7-5-15)25-26(30-14-21(28)18-8-10-20(27)11-9-18)24(29)23-17(3)12-16(2)13-22(23)31-25/h4-13H,14H2,1-3H3. The van der Waals surface area contributed by atoms with Gasteiger partial charge in [0, 0.05) is 16.1 Å². The Balaban J connectivity index is 1.81. The van der Waals surface area contributed by atoms with E-state index in [0.29, 0.717) is 32.9 Å². The highest BCUT2D eigenvalue weighted by atomic mass is 35.5. The average Bonchev–Trinajstić information content (AvgIpc) is 2.73. The van der Waals surface area contributed by atoms with Crippen LogP contribution in [0, 0.1) is 20.8 Å². The number of hydrogen-bond acceptors (Lipinski definition) is 4. The van der Waals surface area contributed by atoms with Crippen molar-refractivity contribution in [2.75, 3.05) is 6.61 Å². The third-order valence-electron chi connectivity index (χ3n) is 5.12. The highest BCUT2D eigenvalue weighted by Crippen LogP contribution is 2.32. The summed E-state index contributed by atoms with van der Waals surface area (Å²) in [5.41, 5.74) is 4.24. The molecule has 0 saturated carbocycles. The molecule has 3 aromatic carbocycles. The molecule has 156 valence electrons. The summed E-state index contributed by atoms with van der Waals surface area (Å²) in [5.74, 6) is 0.0867. The van der Waals surface area contributed by atoms with Crippen LogP contribution in [-0.2, 0) is 0 Å². The molecule has 31 heavy (non-hydrogen) atoms. The fourth-order valence-electron chi connectivity index (χ4n) is 3.56. The molecule has 0 bridgehead atoms. The number of Topliss-reactive ketones (excluding diaryl/α,β-unsaturated/α-hetero) is 1. The van der Waals surface area contributed by atoms with Gasteiger partial charge < -0.3 is 9.15 Å². The Hall–Kier alpha value is -3.37. The minimum atomic E-state index is -0.293. The maximum Gasteiger partial charge on any atom is 0.235 e. The molecule has 0 aliphatic heterocycles. The van der Waals surface area contributed by atoms with Gasteiger partial charge in [0.25, 0.3) is 0 Å². The lowest BCUT2D eigenvalue weighted by Crippen LogP contribution is -2.17. The van der Waals surface area contributed by atoms with E-state index in [9.17, 15) is 9.59 Å². The molecule has 0 unspecified atom stereocenters. The minimum absolute atomic E-state index is 0.0330. The van der Waals surface area contributed by atoms with Crippen LogP contribution in [0.15, 0.2) is 69.9 Å². The molecule has 4 aromatic rings. The SMILES string of the molecule is Cc1ccc(-c2oc3cc(C)cc(C)c3c(=O)c2OCC(=O)c2ccc(Cl)cc2)cc1. The molecule has 0 N–H and O–H groups in total. The number of ether oxygens (including phenoxy) is 1. The number of ketones is 1. The van der Waals surface area contributed by atoms with E-state index in [1.165, 1.54) is 0 Å². The van der Waals surface area contributed by atoms with E-state index in [2.05, 4.69) is 0 Å². The molecule has 1 aromatic heterocycles. The number of aryl methyl sites for hydroxylation is 3. The molecular formula is C26H21ClO4. The molecule has 0 saturated heterocycles. The summed E-state index contributed by atoms with van der Waals surface area (Å²) in [6.07, 6.45) is 0. The number of rotatable bonds is 5. The summed E-state index contributed by atoms with van der Waals surface area (Å²) in [6.45, 7) is 5.50. The number of fused-ring (bicyclic) bond motifs is 1. The lowest BCUT2D eigenvalue weighted by molar-refractivity contribution is 0.0920. The van der Waals surface area contributed by atoms with Crippen LogP contribution >= 0.6 is 11.6 Å². The molecule has 0 amide bonds. The molecule has 1 heterocycles. The molecule has 0 atom stereocenters. The third kappa shape index (κ3) is 4.25. The maximum atomic E-state index is 13.4. The fraction of sp³-hybridized carbons (Fsp3) is 0.154. The van der Waals surface area contributed by atoms with Gasteiger partial charge in [-0.3, -0.25) is 9.59 Å². The van der Waals surface area contributed by atoms with E-state index in [1.807, 2.05) is 57.2 Å². The van der Waals surface area contributed by atoms with Crippen LogP contribution in [-0.4, -0.2) is 12.4 Å². The van der Waals surface area contributed by atoms with Crippen LogP contribution in [0.2, 0.25) is 5.02 Å². The van der Waals surface area contributed by atoms with Crippen molar-refractivity contribution in [2.24, 2.45) is 0 Å². The second kappa shape index (κ2) is 8.40. The molecule has 4 nitrogen and oxygen atoms in total. The van der Waals surface area contributed by atoms with Gasteiger partial charge in [-0.1, -0.05) is 47.5 Å². The van der Waals surface area contributed by atoms with Gasteiger partial charge in [-0.2, -0.15) is 0 Å². The summed E-state index contributed by atoms with van der Waals surface area (Å²) in [4.78, 5) is 26.0. The van der Waals surface area contributed by atoms with Crippen molar-refractivity contribution in [3.05, 3.63) is 98.2 Å². The van der Waals surface area contributed by atoms with Crippen molar-refractivity contribution >= 4 is 28.4 Å². The lowest BCUT2D eigenvalue weighted by Gasteiger charge is -2.13. The fourth-order valence-corrected chi connectivity index (χ4v) is 3.68. The van der Waals surface area contributed by atoms with Crippen LogP contribution in [0.1, 0.15) is 27.0 Å². The van der Waals surface area contributed by atoms with Crippen molar-refractivity contribution in [2.45, 2.75) is 20.8 Å². The van der Waals surface area contributed by atoms with Crippen LogP contribution in [0.25, 0.3) is 22.3 Å². The van der Waals surface area contributed by atoms with E-state index in [1.54, 1.807) is 24.3 Å². The highest BCUT2D eigenvalue weighted by Gasteiger charge is 2.20. The van der Waals surface area contributed by atoms with Gasteiger partial charge in [0.2, 0.25) is 11.2 Å². The predicted octanol–water partition coefficient (Wildman–Crippen LogP) is 6.30. The Bertz CT molecular complexity index is 1330. The third-order valence-corrected chi connectivity index (χ3v) is 5.37. The average molecular weight is 433 g/mol. The van der Waals surface area contributed by atoms with Crippen LogP contribution in [0.5, 0.6) is 5.75 Å². The molecule has 0 aliphatic rings. The van der Waals surface area contributed by atoms with Gasteiger partial charge in [0.05, 0.1) is 5.39 Å². The second-order valence-corrected chi connectivity index (χ2v) is 8.07. The first-order valence-electron chi connectivity index (χ1n) is 9.90. The number of carbonyl (C=O) groups is 1. The van der Waals surface area contributed by atoms with E-state index in [-0.39, 0.29) is 23.6 Å². The topological polar surface area (TPSA) is 56.5 Å². The number of halogens is 1. The van der Waals surface area contributed by atoms with Crippen molar-refractivity contribution in [3.63, 3.8) is 0 Å². The first-order chi connectivity index (χ1) is 14.8. The monoisotopic (exact) mass is 432 g/mol. The Kier molecular flexibility index (Phi) is 5.66. The van der Waals surface area contributed by atoms with Gasteiger partial charge in [-0.25, -0.2) is 0 Å². The van der Waals surface area contributed by atoms with Crippen LogP contribution < -0.4 is 10.2 Å². The molecule has 5 heteroatoms. The quantitative estimate of drug-likeness (QED) is 0.347. The molecule has 4 rings (SSSR count). The summed E-state index contributed by atoms with van der Waals surface area (Å²) in [7, 11) is 0. The number of benzene rings is 3. The Morgan fingerprint density at radius 1 is 0.935 bits per heavy atom. The van der Waals surface area contributed by atoms with Gasteiger partial charge >= 0.3 is 0 Å². The van der Waals surface area contributed by atoms with Crippen molar-refractivity contribution in [3.8, 4) is 17.1 Å². The highest BCUT2D eigenvalue weighted by molar-refractivity contribution is 6.30. The zero-order chi connectivity index (χ0) is 22.1. The summed E-state index contributed by atoms with van der Waals surface area (Å²) >= 11 is 5.89. The zero-order valence-electron chi connectivity index (χ0n) is 17.5. The summed E-state index contributed by atoms with van der Waals surface area (Å²) in [5, 5.41) is 0.996. The van der Waals surface area contributed by atoms with E-state index in [4.69, 9.17) is 20.8 Å². The van der Waals surface area contributed by atoms with Crippen molar-refractivity contribution < 1.29 is 13.9 Å². The first kappa shape index (κ1) is 20.9. The van der Waals surface area contributed by atoms with Crippen molar-refractivity contribution in [1.29, 1.82) is 0 Å². The zero-order valence-corrected chi connectivity index (χ0v) is 18.2. The van der Waals surface area contributed by atoms with E-state index >= 15 is 0 Å². The molecule has 0 fully saturated rings. The Morgan fingerprint density at radius 3 is 2.29 bits per heavy atom. The largest absolute Gasteiger partial charge is 0.478 e. The lowest BCUT2D eigenvalue weighted by atomic mass is 10.0. The van der Waals surface area contributed by atoms with Gasteiger partial charge in [0.1, 0.15) is 5.58 Å². The Labute approximate surface area is 185 Å². The summed E-state index contributed by atoms with van der Waals surface area (Å²) < 4.78 is 12.0. The smallest absolute Gasteiger partial charge is 0.235 e. The van der Waals surface area contributed by atoms with Gasteiger partial charge in [-0.15, -0.1) is 0 Å². The van der Waals surface area contributed by atoms with Crippen molar-refractivity contribution in [1.82, 2.24) is 0 Å². The normalized spacial score (nSPS) is 11.0. The Morgan fingerprint density at radius 2 is 1.61 bits per heavy atom. The van der Waals surface area contributed by atoms with Gasteiger partial charge in [0.15, 0.2) is 18.2 Å². The van der Waals surface area contributed by atoms with Crippen LogP contribution in [0.3, 0.4) is 0 Å². The molecule has 0 spiro atoms. The molecular weight excluding hydrogens is 412 g/mol. The second-order valence-electron chi connectivity index (χ2n) is 7.63. The van der Waals surface area contributed by atoms with E-state index in [0.717, 1.165) is 16.7 Å². The predicted molar refractivity (Wildman–Crippen MR) is 123 cm³/mol. The van der Waals surface area contributed by atoms with Crippen LogP contribution in [0.4, 0.5) is 0 Å². The van der Waals surface area contributed by atoms with Gasteiger partial charge in [-0.05, 0) is 62.2 Å². The summed E-state index contributed by atoms with van der Waals surface area (Å²) in [6, 6.07) is 17.9. The first-order valence-corrected chi connectivity index (χ1v) is 10.3. The maximum absolute atomic E-state index is 13.4. The number of hydrogen-bond donors (Lipinski definition) is 0. The van der Waals surface area contributed by atoms with E-state index < -0.39 is 0 Å². The molecule has 0 aliphatic carbocycles. The number of carbonyl (C=O) groups excluding carboxylic acids is 1.